The summed E-state index contributed by atoms with van der Waals surface area (Å²) in [6, 6.07) is 1.20. The molecule has 4 atom stereocenters. The van der Waals surface area contributed by atoms with Crippen molar-refractivity contribution in [3.8, 4) is 0 Å². The number of hydrogen-bond acceptors (Lipinski definition) is 3. The first-order valence-corrected chi connectivity index (χ1v) is 7.03. The minimum atomic E-state index is 0.367. The van der Waals surface area contributed by atoms with Crippen LogP contribution in [0.3, 0.4) is 0 Å². The molecule has 0 amide bonds. The van der Waals surface area contributed by atoms with Gasteiger partial charge >= 0.3 is 0 Å². The van der Waals surface area contributed by atoms with Crippen molar-refractivity contribution in [1.29, 1.82) is 0 Å². The van der Waals surface area contributed by atoms with E-state index in [9.17, 15) is 0 Å². The largest absolute Gasteiger partial charge is 0.373 e. The molecule has 0 aromatic heterocycles. The molecule has 1 aliphatic rings. The van der Waals surface area contributed by atoms with E-state index in [1.165, 1.54) is 0 Å². The molecule has 1 fully saturated rings. The monoisotopic (exact) mass is 242 g/mol. The molecule has 17 heavy (non-hydrogen) atoms. The van der Waals surface area contributed by atoms with E-state index in [-0.39, 0.29) is 0 Å². The fourth-order valence-corrected chi connectivity index (χ4v) is 2.50. The van der Waals surface area contributed by atoms with Gasteiger partial charge in [0.25, 0.3) is 0 Å². The summed E-state index contributed by atoms with van der Waals surface area (Å²) in [4.78, 5) is 2.57. The Morgan fingerprint density at radius 3 is 2.12 bits per heavy atom. The quantitative estimate of drug-likeness (QED) is 0.799. The molecule has 1 aliphatic heterocycles. The van der Waals surface area contributed by atoms with E-state index < -0.39 is 0 Å². The lowest BCUT2D eigenvalue weighted by molar-refractivity contribution is -0.0837. The van der Waals surface area contributed by atoms with Crippen molar-refractivity contribution in [2.45, 2.75) is 65.8 Å². The predicted octanol–water partition coefficient (Wildman–Crippen LogP) is 2.12. The number of rotatable bonds is 5. The van der Waals surface area contributed by atoms with Crippen LogP contribution in [0.4, 0.5) is 0 Å². The first kappa shape index (κ1) is 14.9. The highest BCUT2D eigenvalue weighted by molar-refractivity contribution is 4.81. The molecule has 0 spiro atoms. The Balaban J connectivity index is 2.42. The molecule has 3 heteroatoms. The van der Waals surface area contributed by atoms with Gasteiger partial charge in [-0.25, -0.2) is 0 Å². The van der Waals surface area contributed by atoms with Gasteiger partial charge in [-0.15, -0.1) is 0 Å². The van der Waals surface area contributed by atoms with E-state index in [2.05, 4.69) is 51.8 Å². The second kappa shape index (κ2) is 6.72. The predicted molar refractivity (Wildman–Crippen MR) is 73.3 cm³/mol. The zero-order valence-corrected chi connectivity index (χ0v) is 12.4. The van der Waals surface area contributed by atoms with Gasteiger partial charge in [0.1, 0.15) is 0 Å². The second-order valence-electron chi connectivity index (χ2n) is 5.99. The average Bonchev–Trinajstić information content (AvgIpc) is 2.23. The first-order chi connectivity index (χ1) is 7.90. The topological polar surface area (TPSA) is 24.5 Å². The maximum atomic E-state index is 5.79. The van der Waals surface area contributed by atoms with Crippen molar-refractivity contribution in [2.24, 2.45) is 5.92 Å². The van der Waals surface area contributed by atoms with Gasteiger partial charge in [0.05, 0.1) is 12.2 Å². The van der Waals surface area contributed by atoms with Crippen LogP contribution >= 0.6 is 0 Å². The third kappa shape index (κ3) is 4.94. The molecule has 1 rings (SSSR count). The second-order valence-corrected chi connectivity index (χ2v) is 5.99. The van der Waals surface area contributed by atoms with Crippen molar-refractivity contribution in [1.82, 2.24) is 10.2 Å². The maximum absolute atomic E-state index is 5.79. The molecular formula is C14H30N2O. The lowest BCUT2D eigenvalue weighted by atomic mass is 10.00. The number of morpholine rings is 1. The Hall–Kier alpha value is -0.120. The first-order valence-electron chi connectivity index (χ1n) is 7.03. The van der Waals surface area contributed by atoms with E-state index in [0.717, 1.165) is 19.6 Å². The lowest BCUT2D eigenvalue weighted by Crippen LogP contribution is -2.52. The van der Waals surface area contributed by atoms with Crippen LogP contribution in [0.1, 0.15) is 41.5 Å². The van der Waals surface area contributed by atoms with Gasteiger partial charge in [-0.05, 0) is 33.2 Å². The van der Waals surface area contributed by atoms with Crippen molar-refractivity contribution in [3.63, 3.8) is 0 Å². The summed E-state index contributed by atoms with van der Waals surface area (Å²) in [6.07, 6.45) is 0.734. The molecule has 0 saturated carbocycles. The lowest BCUT2D eigenvalue weighted by Gasteiger charge is -2.41. The minimum absolute atomic E-state index is 0.367. The zero-order valence-electron chi connectivity index (χ0n) is 12.4. The highest BCUT2D eigenvalue weighted by Gasteiger charge is 2.28. The molecule has 1 heterocycles. The Labute approximate surface area is 107 Å². The normalized spacial score (nSPS) is 30.5. The van der Waals surface area contributed by atoms with E-state index in [1.54, 1.807) is 0 Å². The van der Waals surface area contributed by atoms with Crippen LogP contribution in [0.15, 0.2) is 0 Å². The van der Waals surface area contributed by atoms with Gasteiger partial charge in [0.15, 0.2) is 0 Å². The molecule has 0 aliphatic carbocycles. The highest BCUT2D eigenvalue weighted by Crippen LogP contribution is 2.17. The number of ether oxygens (including phenoxy) is 1. The molecular weight excluding hydrogens is 212 g/mol. The fraction of sp³-hybridized carbons (Fsp3) is 1.00. The molecule has 0 bridgehead atoms. The Kier molecular flexibility index (Phi) is 5.90. The van der Waals surface area contributed by atoms with Crippen molar-refractivity contribution in [3.05, 3.63) is 0 Å². The van der Waals surface area contributed by atoms with Crippen LogP contribution in [-0.4, -0.2) is 48.8 Å². The Bertz CT molecular complexity index is 210. The molecule has 0 aromatic rings. The summed E-state index contributed by atoms with van der Waals surface area (Å²) in [6.45, 7) is 16.7. The molecule has 0 radical (unpaired) electrons. The SMILES string of the molecule is CC(C)NCC(C)C(C)N1CC(C)OC(C)C1. The summed E-state index contributed by atoms with van der Waals surface area (Å²) >= 11 is 0. The average molecular weight is 242 g/mol. The number of nitrogens with zero attached hydrogens (tertiary/aromatic N) is 1. The standard InChI is InChI=1S/C14H30N2O/c1-10(2)15-7-11(3)14(6)16-8-12(4)17-13(5)9-16/h10-15H,7-9H2,1-6H3. The van der Waals surface area contributed by atoms with Gasteiger partial charge < -0.3 is 10.1 Å². The smallest absolute Gasteiger partial charge is 0.0678 e. The molecule has 1 N–H and O–H groups in total. The van der Waals surface area contributed by atoms with E-state index in [1.807, 2.05) is 0 Å². The van der Waals surface area contributed by atoms with Gasteiger partial charge in [-0.2, -0.15) is 0 Å². The van der Waals surface area contributed by atoms with Crippen LogP contribution in [-0.2, 0) is 4.74 Å². The summed E-state index contributed by atoms with van der Waals surface area (Å²) in [5, 5.41) is 3.53. The fourth-order valence-electron chi connectivity index (χ4n) is 2.50. The van der Waals surface area contributed by atoms with Crippen LogP contribution in [0.5, 0.6) is 0 Å². The third-order valence-corrected chi connectivity index (χ3v) is 3.70. The van der Waals surface area contributed by atoms with Crippen molar-refractivity contribution < 1.29 is 4.74 Å². The van der Waals surface area contributed by atoms with Gasteiger partial charge in [-0.3, -0.25) is 4.90 Å². The molecule has 102 valence electrons. The Morgan fingerprint density at radius 2 is 1.65 bits per heavy atom. The van der Waals surface area contributed by atoms with E-state index in [0.29, 0.717) is 30.2 Å². The molecule has 0 aromatic carbocycles. The number of nitrogens with one attached hydrogen (secondary N) is 1. The van der Waals surface area contributed by atoms with Gasteiger partial charge in [0.2, 0.25) is 0 Å². The summed E-state index contributed by atoms with van der Waals surface area (Å²) in [5.74, 6) is 0.676. The van der Waals surface area contributed by atoms with Crippen LogP contribution < -0.4 is 5.32 Å². The van der Waals surface area contributed by atoms with Crippen LogP contribution in [0.2, 0.25) is 0 Å². The number of hydrogen-bond donors (Lipinski definition) is 1. The van der Waals surface area contributed by atoms with Crippen LogP contribution in [0, 0.1) is 5.92 Å². The molecule has 1 saturated heterocycles. The molecule has 3 nitrogen and oxygen atoms in total. The van der Waals surface area contributed by atoms with E-state index >= 15 is 0 Å². The third-order valence-electron chi connectivity index (χ3n) is 3.70. The summed E-state index contributed by atoms with van der Waals surface area (Å²) in [5.41, 5.74) is 0. The molecule has 4 unspecified atom stereocenters. The van der Waals surface area contributed by atoms with Gasteiger partial charge in [0, 0.05) is 25.2 Å². The Morgan fingerprint density at radius 1 is 1.12 bits per heavy atom. The van der Waals surface area contributed by atoms with Gasteiger partial charge in [-0.1, -0.05) is 20.8 Å². The minimum Gasteiger partial charge on any atom is -0.373 e. The van der Waals surface area contributed by atoms with E-state index in [4.69, 9.17) is 4.74 Å². The van der Waals surface area contributed by atoms with Crippen molar-refractivity contribution in [2.75, 3.05) is 19.6 Å². The summed E-state index contributed by atoms with van der Waals surface area (Å²) < 4.78 is 5.79. The van der Waals surface area contributed by atoms with Crippen LogP contribution in [0.25, 0.3) is 0 Å². The maximum Gasteiger partial charge on any atom is 0.0678 e. The summed E-state index contributed by atoms with van der Waals surface area (Å²) in [7, 11) is 0. The highest BCUT2D eigenvalue weighted by atomic mass is 16.5. The zero-order chi connectivity index (χ0) is 13.0. The van der Waals surface area contributed by atoms with Crippen molar-refractivity contribution >= 4 is 0 Å².